The normalized spacial score (nSPS) is 13.0. The molecule has 0 bridgehead atoms. The van der Waals surface area contributed by atoms with Gasteiger partial charge in [0.1, 0.15) is 18.5 Å². The van der Waals surface area contributed by atoms with E-state index >= 15 is 0 Å². The molecule has 1 aliphatic rings. The molecular weight excluding hydrogens is 324 g/mol. The summed E-state index contributed by atoms with van der Waals surface area (Å²) in [6, 6.07) is 6.51. The second-order valence-corrected chi connectivity index (χ2v) is 5.62. The number of pyridine rings is 1. The Morgan fingerprint density at radius 1 is 1.04 bits per heavy atom. The number of anilines is 1. The number of carbonyl (C=O) groups is 2. The number of amides is 2. The van der Waals surface area contributed by atoms with Crippen LogP contribution >= 0.6 is 0 Å². The van der Waals surface area contributed by atoms with Crippen LogP contribution in [0.15, 0.2) is 41.7 Å². The molecule has 2 amide bonds. The molecule has 3 N–H and O–H groups in total. The molecule has 2 aromatic heterocycles. The van der Waals surface area contributed by atoms with Crippen molar-refractivity contribution in [2.45, 2.75) is 6.92 Å². The molecule has 0 atom stereocenters. The Morgan fingerprint density at radius 2 is 1.76 bits per heavy atom. The minimum absolute atomic E-state index is 0.00336. The van der Waals surface area contributed by atoms with Crippen molar-refractivity contribution in [3.8, 4) is 11.4 Å². The summed E-state index contributed by atoms with van der Waals surface area (Å²) >= 11 is 0. The van der Waals surface area contributed by atoms with Crippen molar-refractivity contribution in [1.82, 2.24) is 24.6 Å². The van der Waals surface area contributed by atoms with Crippen LogP contribution < -0.4 is 16.6 Å². The van der Waals surface area contributed by atoms with Gasteiger partial charge in [-0.1, -0.05) is 6.07 Å². The summed E-state index contributed by atoms with van der Waals surface area (Å²) in [5.74, 6) is -1.31. The predicted octanol–water partition coefficient (Wildman–Crippen LogP) is 0.192. The molecule has 1 aliphatic heterocycles. The zero-order chi connectivity index (χ0) is 17.7. The lowest BCUT2D eigenvalue weighted by molar-refractivity contribution is 0.0880. The molecule has 0 saturated heterocycles. The van der Waals surface area contributed by atoms with Crippen molar-refractivity contribution >= 4 is 17.6 Å². The molecule has 0 spiro atoms. The van der Waals surface area contributed by atoms with E-state index in [0.717, 1.165) is 17.3 Å². The maximum absolute atomic E-state index is 12.6. The number of nitrogen functional groups attached to an aromatic ring is 1. The molecule has 3 heterocycles. The van der Waals surface area contributed by atoms with Crippen LogP contribution in [-0.4, -0.2) is 31.1 Å². The summed E-state index contributed by atoms with van der Waals surface area (Å²) < 4.78 is 2.90. The van der Waals surface area contributed by atoms with Crippen molar-refractivity contribution < 1.29 is 9.59 Å². The largest absolute Gasteiger partial charge is 0.384 e. The molecule has 124 valence electrons. The lowest BCUT2D eigenvalue weighted by atomic mass is 10.1. The van der Waals surface area contributed by atoms with E-state index in [1.54, 1.807) is 10.6 Å². The minimum atomic E-state index is -0.620. The zero-order valence-corrected chi connectivity index (χ0v) is 13.1. The Labute approximate surface area is 140 Å². The van der Waals surface area contributed by atoms with Crippen molar-refractivity contribution in [3.05, 3.63) is 64.0 Å². The lowest BCUT2D eigenvalue weighted by Crippen LogP contribution is -2.24. The fourth-order valence-electron chi connectivity index (χ4n) is 2.86. The minimum Gasteiger partial charge on any atom is -0.384 e. The van der Waals surface area contributed by atoms with Gasteiger partial charge < -0.3 is 5.73 Å². The van der Waals surface area contributed by atoms with Gasteiger partial charge in [-0.15, -0.1) is 10.2 Å². The zero-order valence-electron chi connectivity index (χ0n) is 13.1. The molecule has 3 aromatic rings. The summed E-state index contributed by atoms with van der Waals surface area (Å²) in [5.41, 5.74) is 7.59. The average Bonchev–Trinajstić information content (AvgIpc) is 3.18. The Hall–Kier alpha value is -3.75. The second kappa shape index (κ2) is 5.13. The summed E-state index contributed by atoms with van der Waals surface area (Å²) in [5, 5.41) is 9.65. The van der Waals surface area contributed by atoms with Crippen molar-refractivity contribution in [1.29, 1.82) is 0 Å². The maximum atomic E-state index is 12.6. The van der Waals surface area contributed by atoms with Crippen LogP contribution in [0.3, 0.4) is 0 Å². The molecule has 9 heteroatoms. The van der Waals surface area contributed by atoms with Crippen LogP contribution in [0.2, 0.25) is 0 Å². The van der Waals surface area contributed by atoms with Gasteiger partial charge in [-0.3, -0.25) is 28.8 Å². The quantitative estimate of drug-likeness (QED) is 0.644. The fraction of sp³-hybridized carbons (Fsp3) is 0.0625. The first-order valence-electron chi connectivity index (χ1n) is 7.34. The molecule has 0 fully saturated rings. The predicted molar refractivity (Wildman–Crippen MR) is 87.9 cm³/mol. The van der Waals surface area contributed by atoms with Gasteiger partial charge in [-0.25, -0.2) is 0 Å². The van der Waals surface area contributed by atoms with Crippen molar-refractivity contribution in [2.24, 2.45) is 0 Å². The molecule has 0 saturated carbocycles. The first-order valence-corrected chi connectivity index (χ1v) is 7.34. The van der Waals surface area contributed by atoms with E-state index in [4.69, 9.17) is 5.73 Å². The standard InChI is InChI=1S/C16H12N6O3/c1-8-2-3-9(21-6-18-19-7-21)4-11(8)22-12(23)5-10-13(14(22)17)16(25)20-15(10)24/h2-7H,17H2,1H3,(H,20,24,25). The van der Waals surface area contributed by atoms with Gasteiger partial charge >= 0.3 is 0 Å². The number of nitrogens with two attached hydrogens (primary N) is 1. The van der Waals surface area contributed by atoms with E-state index in [2.05, 4.69) is 15.5 Å². The molecule has 0 radical (unpaired) electrons. The van der Waals surface area contributed by atoms with Gasteiger partial charge in [0.25, 0.3) is 17.4 Å². The van der Waals surface area contributed by atoms with Gasteiger partial charge in [0.05, 0.1) is 22.5 Å². The van der Waals surface area contributed by atoms with Crippen LogP contribution in [0.4, 0.5) is 5.82 Å². The molecule has 4 rings (SSSR count). The summed E-state index contributed by atoms with van der Waals surface area (Å²) in [6.07, 6.45) is 3.05. The Bertz CT molecular complexity index is 1100. The number of rotatable bonds is 2. The number of hydrogen-bond acceptors (Lipinski definition) is 6. The summed E-state index contributed by atoms with van der Waals surface area (Å²) in [7, 11) is 0. The van der Waals surface area contributed by atoms with E-state index in [9.17, 15) is 14.4 Å². The highest BCUT2D eigenvalue weighted by atomic mass is 16.2. The van der Waals surface area contributed by atoms with Crippen LogP contribution in [0.5, 0.6) is 0 Å². The third kappa shape index (κ3) is 2.13. The number of fused-ring (bicyclic) bond motifs is 1. The summed E-state index contributed by atoms with van der Waals surface area (Å²) in [6.45, 7) is 1.82. The Balaban J connectivity index is 1.99. The van der Waals surface area contributed by atoms with Crippen molar-refractivity contribution in [3.63, 3.8) is 0 Å². The smallest absolute Gasteiger partial charge is 0.262 e. The second-order valence-electron chi connectivity index (χ2n) is 5.62. The van der Waals surface area contributed by atoms with E-state index in [1.165, 1.54) is 17.2 Å². The third-order valence-corrected chi connectivity index (χ3v) is 4.10. The van der Waals surface area contributed by atoms with Gasteiger partial charge in [0.2, 0.25) is 0 Å². The van der Waals surface area contributed by atoms with Gasteiger partial charge in [-0.2, -0.15) is 0 Å². The Kier molecular flexibility index (Phi) is 3.04. The van der Waals surface area contributed by atoms with Gasteiger partial charge in [-0.05, 0) is 24.6 Å². The highest BCUT2D eigenvalue weighted by molar-refractivity contribution is 6.23. The highest BCUT2D eigenvalue weighted by Crippen LogP contribution is 2.25. The number of nitrogens with zero attached hydrogens (tertiary/aromatic N) is 4. The third-order valence-electron chi connectivity index (χ3n) is 4.10. The average molecular weight is 336 g/mol. The fourth-order valence-corrected chi connectivity index (χ4v) is 2.86. The maximum Gasteiger partial charge on any atom is 0.262 e. The molecule has 0 unspecified atom stereocenters. The summed E-state index contributed by atoms with van der Waals surface area (Å²) in [4.78, 5) is 36.3. The first-order chi connectivity index (χ1) is 12.0. The number of imide groups is 1. The van der Waals surface area contributed by atoms with Crippen molar-refractivity contribution in [2.75, 3.05) is 5.73 Å². The molecular formula is C16H12N6O3. The van der Waals surface area contributed by atoms with Crippen LogP contribution in [0.25, 0.3) is 11.4 Å². The number of aryl methyl sites for hydroxylation is 1. The van der Waals surface area contributed by atoms with Gasteiger partial charge in [0, 0.05) is 6.07 Å². The number of aromatic nitrogens is 4. The first kappa shape index (κ1) is 14.8. The Morgan fingerprint density at radius 3 is 2.48 bits per heavy atom. The highest BCUT2D eigenvalue weighted by Gasteiger charge is 2.32. The van der Waals surface area contributed by atoms with Crippen LogP contribution in [-0.2, 0) is 0 Å². The number of carbonyl (C=O) groups excluding carboxylic acids is 2. The molecule has 1 aromatic carbocycles. The van der Waals surface area contributed by atoms with E-state index < -0.39 is 17.4 Å². The molecule has 0 aliphatic carbocycles. The molecule has 9 nitrogen and oxygen atoms in total. The lowest BCUT2D eigenvalue weighted by Gasteiger charge is -2.15. The number of hydrogen-bond donors (Lipinski definition) is 2. The van der Waals surface area contributed by atoms with E-state index in [1.807, 2.05) is 19.1 Å². The number of nitrogens with one attached hydrogen (secondary N) is 1. The molecule has 25 heavy (non-hydrogen) atoms. The SMILES string of the molecule is Cc1ccc(-n2cnnc2)cc1-n1c(N)c2c(cc1=O)C(=O)NC2=O. The van der Waals surface area contributed by atoms with Gasteiger partial charge in [0.15, 0.2) is 0 Å². The van der Waals surface area contributed by atoms with Crippen LogP contribution in [0, 0.1) is 6.92 Å². The topological polar surface area (TPSA) is 125 Å². The monoisotopic (exact) mass is 336 g/mol. The number of benzene rings is 1. The van der Waals surface area contributed by atoms with E-state index in [0.29, 0.717) is 5.69 Å². The van der Waals surface area contributed by atoms with E-state index in [-0.39, 0.29) is 16.9 Å². The van der Waals surface area contributed by atoms with Crippen LogP contribution in [0.1, 0.15) is 26.3 Å².